The summed E-state index contributed by atoms with van der Waals surface area (Å²) >= 11 is 0. The second-order valence-corrected chi connectivity index (χ2v) is 8.99. The molecule has 160 valence electrons. The highest BCUT2D eigenvalue weighted by Crippen LogP contribution is 2.53. The van der Waals surface area contributed by atoms with Crippen LogP contribution in [0.2, 0.25) is 0 Å². The Labute approximate surface area is 174 Å². The summed E-state index contributed by atoms with van der Waals surface area (Å²) in [6.07, 6.45) is 2.50. The summed E-state index contributed by atoms with van der Waals surface area (Å²) in [4.78, 5) is 6.69. The van der Waals surface area contributed by atoms with Gasteiger partial charge in [-0.25, -0.2) is 0 Å². The largest absolute Gasteiger partial charge is 0.494 e. The van der Waals surface area contributed by atoms with Gasteiger partial charge in [-0.05, 0) is 51.5 Å². The first kappa shape index (κ1) is 21.7. The number of hydrogen-bond acceptors (Lipinski definition) is 4. The van der Waals surface area contributed by atoms with E-state index >= 15 is 0 Å². The molecule has 2 aromatic rings. The summed E-state index contributed by atoms with van der Waals surface area (Å²) < 4.78 is 1.68. The van der Waals surface area contributed by atoms with Crippen molar-refractivity contribution in [2.24, 2.45) is 5.92 Å². The lowest BCUT2D eigenvalue weighted by Gasteiger charge is -2.60. The number of aromatic nitrogens is 1. The summed E-state index contributed by atoms with van der Waals surface area (Å²) in [5, 5.41) is 23.0. The Bertz CT molecular complexity index is 801. The van der Waals surface area contributed by atoms with Gasteiger partial charge in [-0.15, -0.1) is 0 Å². The van der Waals surface area contributed by atoms with Crippen LogP contribution in [0.25, 0.3) is 0 Å². The van der Waals surface area contributed by atoms with Gasteiger partial charge < -0.3 is 10.2 Å². The lowest BCUT2D eigenvalue weighted by atomic mass is 9.68. The van der Waals surface area contributed by atoms with Crippen molar-refractivity contribution in [3.8, 4) is 11.8 Å². The minimum atomic E-state index is -0.264. The van der Waals surface area contributed by atoms with Crippen molar-refractivity contribution in [3.05, 3.63) is 48.0 Å². The molecule has 0 aliphatic carbocycles. The van der Waals surface area contributed by atoms with Gasteiger partial charge in [0.2, 0.25) is 0 Å². The maximum absolute atomic E-state index is 10.4. The molecule has 3 rings (SSSR count). The molecule has 0 radical (unpaired) electrons. The van der Waals surface area contributed by atoms with Crippen LogP contribution < -0.4 is 0 Å². The molecule has 29 heavy (non-hydrogen) atoms. The van der Waals surface area contributed by atoms with Crippen molar-refractivity contribution < 1.29 is 15.1 Å². The normalized spacial score (nSPS) is 31.7. The van der Waals surface area contributed by atoms with Gasteiger partial charge in [0.1, 0.15) is 6.10 Å². The first-order valence-corrected chi connectivity index (χ1v) is 10.8. The first-order valence-electron chi connectivity index (χ1n) is 10.8. The van der Waals surface area contributed by atoms with Gasteiger partial charge in [0.25, 0.3) is 0 Å². The van der Waals surface area contributed by atoms with E-state index in [0.717, 1.165) is 24.8 Å². The van der Waals surface area contributed by atoms with Crippen molar-refractivity contribution in [1.29, 1.82) is 0 Å². The fourth-order valence-electron chi connectivity index (χ4n) is 4.95. The molecule has 5 heteroatoms. The number of hydroxylamine groups is 2. The predicted molar refractivity (Wildman–Crippen MR) is 116 cm³/mol. The van der Waals surface area contributed by atoms with E-state index in [9.17, 15) is 10.2 Å². The van der Waals surface area contributed by atoms with Crippen LogP contribution in [0.1, 0.15) is 78.5 Å². The number of hydrogen-bond donors (Lipinski definition) is 2. The zero-order valence-corrected chi connectivity index (χ0v) is 18.6. The third-order valence-corrected chi connectivity index (χ3v) is 7.38. The summed E-state index contributed by atoms with van der Waals surface area (Å²) in [6, 6.07) is 13.4. The molecule has 1 aliphatic heterocycles. The zero-order valence-electron chi connectivity index (χ0n) is 18.6. The molecule has 1 aliphatic rings. The predicted octanol–water partition coefficient (Wildman–Crippen LogP) is 5.81. The van der Waals surface area contributed by atoms with Crippen LogP contribution in [0.5, 0.6) is 11.8 Å². The van der Waals surface area contributed by atoms with Crippen molar-refractivity contribution >= 4 is 0 Å². The monoisotopic (exact) mass is 400 g/mol. The van der Waals surface area contributed by atoms with Gasteiger partial charge >= 0.3 is 0 Å². The molecule has 2 N–H and O–H groups in total. The topological polar surface area (TPSA) is 57.9 Å². The molecule has 1 aromatic carbocycles. The van der Waals surface area contributed by atoms with Crippen molar-refractivity contribution in [2.75, 3.05) is 0 Å². The van der Waals surface area contributed by atoms with E-state index in [2.05, 4.69) is 58.7 Å². The Balaban J connectivity index is 2.00. The van der Waals surface area contributed by atoms with Crippen LogP contribution in [-0.4, -0.2) is 30.9 Å². The highest BCUT2D eigenvalue weighted by Gasteiger charge is 2.55. The fourth-order valence-corrected chi connectivity index (χ4v) is 4.95. The lowest BCUT2D eigenvalue weighted by Crippen LogP contribution is -2.66. The summed E-state index contributed by atoms with van der Waals surface area (Å²) in [7, 11) is 0. The molecule has 5 atom stereocenters. The third-order valence-electron chi connectivity index (χ3n) is 7.38. The number of nitrogens with zero attached hydrogens (tertiary/aromatic N) is 2. The Morgan fingerprint density at radius 2 is 1.62 bits per heavy atom. The standard InChI is InChI=1S/C24H36N2O3/c1-7-23(5)16-20(25-21(27)14-15-22(25)28)17(3)24(6,8-2)26(23)29-18(4)19-12-10-9-11-13-19/h9-15,17-18,20,27-28H,7-8,16H2,1-6H3. The van der Waals surface area contributed by atoms with Crippen molar-refractivity contribution in [2.45, 2.75) is 84.0 Å². The van der Waals surface area contributed by atoms with Crippen LogP contribution in [0.3, 0.4) is 0 Å². The molecular weight excluding hydrogens is 364 g/mol. The highest BCUT2D eigenvalue weighted by atomic mass is 16.7. The SMILES string of the molecule is CCC1(C)CC(n2c(O)ccc2O)C(C)C(C)(CC)N1OC(C)c1ccccc1. The molecule has 5 nitrogen and oxygen atoms in total. The number of piperidine rings is 1. The second kappa shape index (κ2) is 8.04. The zero-order chi connectivity index (χ0) is 21.4. The second-order valence-electron chi connectivity index (χ2n) is 8.99. The van der Waals surface area contributed by atoms with Gasteiger partial charge in [-0.3, -0.25) is 9.40 Å². The first-order chi connectivity index (χ1) is 13.7. The number of benzene rings is 1. The van der Waals surface area contributed by atoms with Gasteiger partial charge in [-0.2, -0.15) is 5.06 Å². The van der Waals surface area contributed by atoms with Crippen molar-refractivity contribution in [3.63, 3.8) is 0 Å². The van der Waals surface area contributed by atoms with Gasteiger partial charge in [0.15, 0.2) is 11.8 Å². The molecule has 0 saturated carbocycles. The maximum atomic E-state index is 10.4. The van der Waals surface area contributed by atoms with Crippen molar-refractivity contribution in [1.82, 2.24) is 9.63 Å². The Kier molecular flexibility index (Phi) is 6.02. The van der Waals surface area contributed by atoms with E-state index < -0.39 is 0 Å². The van der Waals surface area contributed by atoms with Gasteiger partial charge in [0, 0.05) is 29.3 Å². The molecular formula is C24H36N2O3. The summed E-state index contributed by atoms with van der Waals surface area (Å²) in [6.45, 7) is 13.1. The molecule has 1 saturated heterocycles. The quantitative estimate of drug-likeness (QED) is 0.642. The lowest BCUT2D eigenvalue weighted by molar-refractivity contribution is -0.330. The number of aromatic hydroxyl groups is 2. The molecule has 5 unspecified atom stereocenters. The van der Waals surface area contributed by atoms with Crippen LogP contribution in [0.15, 0.2) is 42.5 Å². The summed E-state index contributed by atoms with van der Waals surface area (Å²) in [5.74, 6) is 0.380. The van der Waals surface area contributed by atoms with E-state index in [1.807, 2.05) is 18.2 Å². The molecule has 2 heterocycles. The Morgan fingerprint density at radius 1 is 1.03 bits per heavy atom. The molecule has 1 fully saturated rings. The van der Waals surface area contributed by atoms with Crippen LogP contribution in [-0.2, 0) is 4.84 Å². The van der Waals surface area contributed by atoms with E-state index in [1.54, 1.807) is 16.7 Å². The van der Waals surface area contributed by atoms with E-state index in [0.29, 0.717) is 0 Å². The van der Waals surface area contributed by atoms with Crippen LogP contribution in [0, 0.1) is 5.92 Å². The van der Waals surface area contributed by atoms with Gasteiger partial charge in [0.05, 0.1) is 0 Å². The molecule has 1 aromatic heterocycles. The number of rotatable bonds is 6. The summed E-state index contributed by atoms with van der Waals surface area (Å²) in [5.41, 5.74) is 0.647. The maximum Gasteiger partial charge on any atom is 0.194 e. The third kappa shape index (κ3) is 3.66. The van der Waals surface area contributed by atoms with Gasteiger partial charge in [-0.1, -0.05) is 51.1 Å². The minimum absolute atomic E-state index is 0.0215. The fraction of sp³-hybridized carbons (Fsp3) is 0.583. The minimum Gasteiger partial charge on any atom is -0.494 e. The van der Waals surface area contributed by atoms with E-state index in [-0.39, 0.29) is 40.9 Å². The highest BCUT2D eigenvalue weighted by molar-refractivity contribution is 5.26. The van der Waals surface area contributed by atoms with E-state index in [1.165, 1.54) is 0 Å². The Hall–Kier alpha value is -1.98. The molecule has 0 bridgehead atoms. The van der Waals surface area contributed by atoms with Crippen LogP contribution in [0.4, 0.5) is 0 Å². The van der Waals surface area contributed by atoms with E-state index in [4.69, 9.17) is 4.84 Å². The average molecular weight is 401 g/mol. The van der Waals surface area contributed by atoms with Crippen LogP contribution >= 0.6 is 0 Å². The Morgan fingerprint density at radius 3 is 2.14 bits per heavy atom. The average Bonchev–Trinajstić information content (AvgIpc) is 3.06. The smallest absolute Gasteiger partial charge is 0.194 e. The molecule has 0 amide bonds. The molecule has 0 spiro atoms.